The van der Waals surface area contributed by atoms with E-state index >= 15 is 0 Å². The van der Waals surface area contributed by atoms with Crippen molar-refractivity contribution in [3.05, 3.63) is 11.6 Å². The molecule has 0 radical (unpaired) electrons. The first kappa shape index (κ1) is 17.8. The van der Waals surface area contributed by atoms with Gasteiger partial charge >= 0.3 is 0 Å². The lowest BCUT2D eigenvalue weighted by Crippen LogP contribution is -2.45. The first-order chi connectivity index (χ1) is 11.4. The summed E-state index contributed by atoms with van der Waals surface area (Å²) in [5, 5.41) is 8.76. The van der Waals surface area contributed by atoms with Crippen LogP contribution in [0.4, 0.5) is 0 Å². The molecule has 1 aromatic heterocycles. The minimum atomic E-state index is -3.36. The summed E-state index contributed by atoms with van der Waals surface area (Å²) >= 11 is 0. The molecule has 0 unspecified atom stereocenters. The van der Waals surface area contributed by atoms with E-state index in [0.717, 1.165) is 44.1 Å². The molecule has 2 saturated heterocycles. The molecule has 0 saturated carbocycles. The molecule has 0 amide bonds. The molecule has 0 spiro atoms. The average Bonchev–Trinajstić information content (AvgIpc) is 3.19. The van der Waals surface area contributed by atoms with E-state index in [1.807, 2.05) is 7.05 Å². The van der Waals surface area contributed by atoms with Crippen LogP contribution in [0.15, 0.2) is 0 Å². The number of aromatic nitrogens is 3. The monoisotopic (exact) mass is 356 g/mol. The lowest BCUT2D eigenvalue weighted by molar-refractivity contribution is 0.288. The minimum absolute atomic E-state index is 0.110. The van der Waals surface area contributed by atoms with E-state index in [0.29, 0.717) is 13.1 Å². The first-order valence-electron chi connectivity index (χ1n) is 8.67. The molecule has 0 aliphatic carbocycles. The number of likely N-dealkylation sites (tertiary alicyclic amines) is 1. The number of hydrogen-bond donors (Lipinski definition) is 0. The van der Waals surface area contributed by atoms with Crippen LogP contribution in [0.5, 0.6) is 0 Å². The normalized spacial score (nSPS) is 24.1. The van der Waals surface area contributed by atoms with E-state index < -0.39 is 10.2 Å². The van der Waals surface area contributed by atoms with Crippen molar-refractivity contribution in [2.45, 2.75) is 38.1 Å². The van der Waals surface area contributed by atoms with Crippen LogP contribution in [0.1, 0.15) is 43.3 Å². The molecule has 2 aliphatic heterocycles. The Kier molecular flexibility index (Phi) is 5.24. The molecule has 1 aromatic rings. The van der Waals surface area contributed by atoms with Gasteiger partial charge in [-0.1, -0.05) is 0 Å². The Hall–Kier alpha value is -1.03. The summed E-state index contributed by atoms with van der Waals surface area (Å²) in [6.07, 6.45) is 4.32. The van der Waals surface area contributed by atoms with Gasteiger partial charge in [0.05, 0.1) is 6.54 Å². The van der Waals surface area contributed by atoms with Crippen molar-refractivity contribution >= 4 is 10.2 Å². The lowest BCUT2D eigenvalue weighted by Gasteiger charge is -2.33. The van der Waals surface area contributed by atoms with Gasteiger partial charge in [0.15, 0.2) is 0 Å². The largest absolute Gasteiger partial charge is 0.317 e. The summed E-state index contributed by atoms with van der Waals surface area (Å²) in [4.78, 5) is 2.40. The van der Waals surface area contributed by atoms with Crippen LogP contribution in [0.25, 0.3) is 0 Å². The molecule has 0 bridgehead atoms. The van der Waals surface area contributed by atoms with Gasteiger partial charge in [-0.2, -0.15) is 17.0 Å². The molecule has 3 rings (SSSR count). The standard InChI is InChI=1S/C15H28N6O2S/c1-18(2)24(22,23)21-10-6-7-13(11-21)15-17-16-14(19(15)3)12-20-8-4-5-9-20/h13H,4-12H2,1-3H3/t13-/m1/s1. The molecule has 2 fully saturated rings. The maximum atomic E-state index is 12.4. The van der Waals surface area contributed by atoms with Crippen LogP contribution >= 0.6 is 0 Å². The van der Waals surface area contributed by atoms with Gasteiger partial charge < -0.3 is 4.57 Å². The highest BCUT2D eigenvalue weighted by Crippen LogP contribution is 2.28. The fourth-order valence-corrected chi connectivity index (χ4v) is 4.79. The van der Waals surface area contributed by atoms with Crippen molar-refractivity contribution in [1.82, 2.24) is 28.3 Å². The Balaban J connectivity index is 1.73. The van der Waals surface area contributed by atoms with Crippen molar-refractivity contribution in [1.29, 1.82) is 0 Å². The molecule has 1 atom stereocenters. The van der Waals surface area contributed by atoms with Crippen molar-refractivity contribution in [3.8, 4) is 0 Å². The number of hydrogen-bond acceptors (Lipinski definition) is 5. The molecule has 0 N–H and O–H groups in total. The molecule has 9 heteroatoms. The number of rotatable bonds is 5. The minimum Gasteiger partial charge on any atom is -0.317 e. The van der Waals surface area contributed by atoms with E-state index in [-0.39, 0.29) is 5.92 Å². The van der Waals surface area contributed by atoms with Crippen molar-refractivity contribution in [2.24, 2.45) is 7.05 Å². The van der Waals surface area contributed by atoms with E-state index in [4.69, 9.17) is 0 Å². The third kappa shape index (κ3) is 3.49. The summed E-state index contributed by atoms with van der Waals surface area (Å²) in [6.45, 7) is 4.14. The van der Waals surface area contributed by atoms with Gasteiger partial charge in [0, 0.05) is 40.2 Å². The topological polar surface area (TPSA) is 74.6 Å². The molecule has 24 heavy (non-hydrogen) atoms. The molecule has 8 nitrogen and oxygen atoms in total. The first-order valence-corrected chi connectivity index (χ1v) is 10.1. The molecular formula is C15H28N6O2S. The summed E-state index contributed by atoms with van der Waals surface area (Å²) in [6, 6.07) is 0. The predicted octanol–water partition coefficient (Wildman–Crippen LogP) is 0.397. The molecular weight excluding hydrogens is 328 g/mol. The Bertz CT molecular complexity index is 666. The fraction of sp³-hybridized carbons (Fsp3) is 0.867. The quantitative estimate of drug-likeness (QED) is 0.763. The summed E-state index contributed by atoms with van der Waals surface area (Å²) in [7, 11) is 1.79. The Labute approximate surface area is 144 Å². The zero-order valence-electron chi connectivity index (χ0n) is 14.8. The van der Waals surface area contributed by atoms with Crippen LogP contribution in [0.2, 0.25) is 0 Å². The predicted molar refractivity (Wildman–Crippen MR) is 91.7 cm³/mol. The Morgan fingerprint density at radius 2 is 1.83 bits per heavy atom. The van der Waals surface area contributed by atoms with Gasteiger partial charge in [0.1, 0.15) is 11.6 Å². The third-order valence-electron chi connectivity index (χ3n) is 5.10. The van der Waals surface area contributed by atoms with Gasteiger partial charge in [-0.25, -0.2) is 0 Å². The summed E-state index contributed by atoms with van der Waals surface area (Å²) in [5.74, 6) is 1.99. The summed E-state index contributed by atoms with van der Waals surface area (Å²) in [5.41, 5.74) is 0. The van der Waals surface area contributed by atoms with Gasteiger partial charge in [0.2, 0.25) is 0 Å². The van der Waals surface area contributed by atoms with Crippen LogP contribution < -0.4 is 0 Å². The second-order valence-electron chi connectivity index (χ2n) is 7.00. The molecule has 0 aromatic carbocycles. The third-order valence-corrected chi connectivity index (χ3v) is 7.01. The highest BCUT2D eigenvalue weighted by atomic mass is 32.2. The maximum Gasteiger partial charge on any atom is 0.281 e. The maximum absolute atomic E-state index is 12.4. The zero-order valence-corrected chi connectivity index (χ0v) is 15.7. The van der Waals surface area contributed by atoms with E-state index in [1.165, 1.54) is 17.1 Å². The second-order valence-corrected chi connectivity index (χ2v) is 9.15. The van der Waals surface area contributed by atoms with Crippen LogP contribution in [0, 0.1) is 0 Å². The van der Waals surface area contributed by atoms with Gasteiger partial charge in [-0.3, -0.25) is 4.90 Å². The van der Waals surface area contributed by atoms with Crippen LogP contribution in [-0.4, -0.2) is 77.0 Å². The van der Waals surface area contributed by atoms with Crippen LogP contribution in [-0.2, 0) is 23.8 Å². The second kappa shape index (κ2) is 7.07. The molecule has 2 aliphatic rings. The van der Waals surface area contributed by atoms with Gasteiger partial charge in [-0.05, 0) is 38.8 Å². The highest BCUT2D eigenvalue weighted by Gasteiger charge is 2.33. The molecule has 136 valence electrons. The average molecular weight is 356 g/mol. The zero-order chi connectivity index (χ0) is 17.3. The highest BCUT2D eigenvalue weighted by molar-refractivity contribution is 7.86. The van der Waals surface area contributed by atoms with Gasteiger partial charge in [-0.15, -0.1) is 10.2 Å². The van der Waals surface area contributed by atoms with E-state index in [2.05, 4.69) is 19.7 Å². The molecule has 3 heterocycles. The van der Waals surface area contributed by atoms with Crippen LogP contribution in [0.3, 0.4) is 0 Å². The Morgan fingerprint density at radius 1 is 1.12 bits per heavy atom. The van der Waals surface area contributed by atoms with Gasteiger partial charge in [0.25, 0.3) is 10.2 Å². The van der Waals surface area contributed by atoms with Crippen molar-refractivity contribution in [2.75, 3.05) is 40.3 Å². The Morgan fingerprint density at radius 3 is 2.50 bits per heavy atom. The summed E-state index contributed by atoms with van der Waals surface area (Å²) < 4.78 is 29.7. The SMILES string of the molecule is CN(C)S(=O)(=O)N1CCC[C@@H](c2nnc(CN3CCCC3)n2C)C1. The number of nitrogens with zero attached hydrogens (tertiary/aromatic N) is 6. The van der Waals surface area contributed by atoms with Crippen molar-refractivity contribution in [3.63, 3.8) is 0 Å². The number of piperidine rings is 1. The van der Waals surface area contributed by atoms with E-state index in [9.17, 15) is 8.42 Å². The van der Waals surface area contributed by atoms with E-state index in [1.54, 1.807) is 18.4 Å². The fourth-order valence-electron chi connectivity index (χ4n) is 3.60. The smallest absolute Gasteiger partial charge is 0.281 e. The lowest BCUT2D eigenvalue weighted by atomic mass is 9.99. The van der Waals surface area contributed by atoms with Crippen molar-refractivity contribution < 1.29 is 8.42 Å².